The molecule has 0 saturated heterocycles. The van der Waals surface area contributed by atoms with Gasteiger partial charge in [0.15, 0.2) is 0 Å². The average molecular weight is 430 g/mol. The third kappa shape index (κ3) is 3.54. The normalized spacial score (nSPS) is 26.0. The molecule has 2 fully saturated rings. The van der Waals surface area contributed by atoms with E-state index in [4.69, 9.17) is 9.73 Å². The minimum absolute atomic E-state index is 0.00917. The minimum Gasteiger partial charge on any atom is -0.459 e. The smallest absolute Gasteiger partial charge is 0.336 e. The number of carbonyl (C=O) groups is 2. The fourth-order valence-electron chi connectivity index (χ4n) is 4.67. The summed E-state index contributed by atoms with van der Waals surface area (Å²) < 4.78 is 6.75. The highest BCUT2D eigenvalue weighted by molar-refractivity contribution is 9.10. The SMILES string of the molecule is CC1=C(C(=O)OC2CCCC2)[C@@H](c2ccccc2Br)[C@H]2C(=O)CCCC2=N1. The molecule has 0 spiro atoms. The predicted molar refractivity (Wildman–Crippen MR) is 108 cm³/mol. The van der Waals surface area contributed by atoms with Crippen molar-refractivity contribution in [2.24, 2.45) is 10.9 Å². The lowest BCUT2D eigenvalue weighted by atomic mass is 9.69. The van der Waals surface area contributed by atoms with E-state index in [0.717, 1.165) is 54.3 Å². The van der Waals surface area contributed by atoms with Gasteiger partial charge in [-0.15, -0.1) is 0 Å². The van der Waals surface area contributed by atoms with Crippen molar-refractivity contribution in [3.8, 4) is 0 Å². The van der Waals surface area contributed by atoms with Crippen molar-refractivity contribution < 1.29 is 14.3 Å². The number of esters is 1. The maximum Gasteiger partial charge on any atom is 0.336 e. The lowest BCUT2D eigenvalue weighted by Gasteiger charge is -2.36. The van der Waals surface area contributed by atoms with Gasteiger partial charge < -0.3 is 4.74 Å². The van der Waals surface area contributed by atoms with E-state index in [9.17, 15) is 9.59 Å². The predicted octanol–water partition coefficient (Wildman–Crippen LogP) is 5.12. The molecule has 27 heavy (non-hydrogen) atoms. The van der Waals surface area contributed by atoms with Gasteiger partial charge in [-0.05, 0) is 57.1 Å². The highest BCUT2D eigenvalue weighted by Gasteiger charge is 2.44. The zero-order valence-electron chi connectivity index (χ0n) is 15.5. The molecule has 2 aliphatic carbocycles. The van der Waals surface area contributed by atoms with Crippen molar-refractivity contribution in [3.63, 3.8) is 0 Å². The molecule has 1 heterocycles. The molecule has 142 valence electrons. The summed E-state index contributed by atoms with van der Waals surface area (Å²) in [7, 11) is 0. The first-order chi connectivity index (χ1) is 13.1. The number of allylic oxidation sites excluding steroid dienone is 1. The van der Waals surface area contributed by atoms with Crippen LogP contribution in [0.25, 0.3) is 0 Å². The maximum atomic E-state index is 13.2. The number of halogens is 1. The van der Waals surface area contributed by atoms with Crippen LogP contribution in [0.2, 0.25) is 0 Å². The Bertz CT molecular complexity index is 836. The second kappa shape index (κ2) is 7.70. The fourth-order valence-corrected chi connectivity index (χ4v) is 5.20. The van der Waals surface area contributed by atoms with E-state index >= 15 is 0 Å². The van der Waals surface area contributed by atoms with Crippen molar-refractivity contribution in [1.29, 1.82) is 0 Å². The van der Waals surface area contributed by atoms with Gasteiger partial charge in [0, 0.05) is 28.2 Å². The van der Waals surface area contributed by atoms with E-state index in [1.165, 1.54) is 0 Å². The molecule has 0 bridgehead atoms. The van der Waals surface area contributed by atoms with Gasteiger partial charge in [-0.2, -0.15) is 0 Å². The van der Waals surface area contributed by atoms with Gasteiger partial charge in [0.2, 0.25) is 0 Å². The van der Waals surface area contributed by atoms with Crippen molar-refractivity contribution in [3.05, 3.63) is 45.6 Å². The number of Topliss-reactive ketones (excluding diaryl/α,β-unsaturated/α-hetero) is 1. The molecule has 1 aliphatic heterocycles. The number of hydrogen-bond acceptors (Lipinski definition) is 4. The summed E-state index contributed by atoms with van der Waals surface area (Å²) in [5.74, 6) is -0.803. The summed E-state index contributed by atoms with van der Waals surface area (Å²) in [6.45, 7) is 1.87. The largest absolute Gasteiger partial charge is 0.459 e. The van der Waals surface area contributed by atoms with Gasteiger partial charge in [0.25, 0.3) is 0 Å². The molecule has 4 nitrogen and oxygen atoms in total. The van der Waals surface area contributed by atoms with Crippen LogP contribution in [0.1, 0.15) is 63.4 Å². The summed E-state index contributed by atoms with van der Waals surface area (Å²) >= 11 is 3.63. The Morgan fingerprint density at radius 2 is 1.85 bits per heavy atom. The molecule has 2 saturated carbocycles. The van der Waals surface area contributed by atoms with Crippen molar-refractivity contribution in [1.82, 2.24) is 0 Å². The van der Waals surface area contributed by atoms with Crippen LogP contribution in [0.5, 0.6) is 0 Å². The molecular formula is C22H24BrNO3. The number of benzene rings is 1. The second-order valence-electron chi connectivity index (χ2n) is 7.71. The third-order valence-corrected chi connectivity index (χ3v) is 6.67. The Hall–Kier alpha value is -1.75. The fraction of sp³-hybridized carbons (Fsp3) is 0.500. The monoisotopic (exact) mass is 429 g/mol. The number of rotatable bonds is 3. The van der Waals surface area contributed by atoms with Gasteiger partial charge >= 0.3 is 5.97 Å². The van der Waals surface area contributed by atoms with Crippen molar-refractivity contribution >= 4 is 33.4 Å². The number of nitrogens with zero attached hydrogens (tertiary/aromatic N) is 1. The summed E-state index contributed by atoms with van der Waals surface area (Å²) in [4.78, 5) is 30.7. The summed E-state index contributed by atoms with van der Waals surface area (Å²) in [5, 5.41) is 0. The zero-order valence-corrected chi connectivity index (χ0v) is 17.1. The van der Waals surface area contributed by atoms with E-state index < -0.39 is 0 Å². The van der Waals surface area contributed by atoms with Crippen LogP contribution in [0, 0.1) is 5.92 Å². The van der Waals surface area contributed by atoms with E-state index in [1.807, 2.05) is 31.2 Å². The Morgan fingerprint density at radius 1 is 1.11 bits per heavy atom. The Labute approximate surface area is 168 Å². The standard InChI is InChI=1S/C22H24BrNO3/c1-13-19(22(26)27-14-7-2-3-8-14)20(15-9-4-5-10-16(15)23)21-17(24-13)11-6-12-18(21)25/h4-5,9-10,14,20-21H,2-3,6-8,11-12H2,1H3/t20-,21-/m1/s1. The maximum absolute atomic E-state index is 13.2. The minimum atomic E-state index is -0.354. The molecule has 0 unspecified atom stereocenters. The van der Waals surface area contributed by atoms with Crippen LogP contribution < -0.4 is 0 Å². The molecule has 0 aromatic heterocycles. The van der Waals surface area contributed by atoms with Crippen LogP contribution in [0.15, 0.2) is 45.0 Å². The summed E-state index contributed by atoms with van der Waals surface area (Å²) in [6, 6.07) is 7.86. The summed E-state index contributed by atoms with van der Waals surface area (Å²) in [5.41, 5.74) is 3.13. The topological polar surface area (TPSA) is 55.7 Å². The number of carbonyl (C=O) groups excluding carboxylic acids is 2. The molecule has 3 aliphatic rings. The Morgan fingerprint density at radius 3 is 2.59 bits per heavy atom. The van der Waals surface area contributed by atoms with Crippen LogP contribution in [-0.4, -0.2) is 23.6 Å². The first-order valence-corrected chi connectivity index (χ1v) is 10.6. The van der Waals surface area contributed by atoms with Gasteiger partial charge in [0.1, 0.15) is 11.9 Å². The quantitative estimate of drug-likeness (QED) is 0.626. The van der Waals surface area contributed by atoms with Crippen molar-refractivity contribution in [2.75, 3.05) is 0 Å². The molecule has 0 amide bonds. The first-order valence-electron chi connectivity index (χ1n) is 9.82. The number of aliphatic imine (C=N–C) groups is 1. The van der Waals surface area contributed by atoms with Crippen molar-refractivity contribution in [2.45, 2.75) is 63.9 Å². The molecule has 0 radical (unpaired) electrons. The Balaban J connectivity index is 1.79. The highest BCUT2D eigenvalue weighted by Crippen LogP contribution is 2.45. The first kappa shape index (κ1) is 18.6. The lowest BCUT2D eigenvalue weighted by molar-refractivity contribution is -0.144. The average Bonchev–Trinajstić information content (AvgIpc) is 3.14. The summed E-state index contributed by atoms with van der Waals surface area (Å²) in [6.07, 6.45) is 6.26. The second-order valence-corrected chi connectivity index (χ2v) is 8.57. The number of fused-ring (bicyclic) bond motifs is 1. The molecule has 2 atom stereocenters. The van der Waals surface area contributed by atoms with E-state index in [0.29, 0.717) is 17.7 Å². The van der Waals surface area contributed by atoms with E-state index in [-0.39, 0.29) is 29.7 Å². The number of hydrogen-bond donors (Lipinski definition) is 0. The van der Waals surface area contributed by atoms with Crippen LogP contribution >= 0.6 is 15.9 Å². The molecule has 0 N–H and O–H groups in total. The van der Waals surface area contributed by atoms with Gasteiger partial charge in [-0.3, -0.25) is 9.79 Å². The van der Waals surface area contributed by atoms with Gasteiger partial charge in [-0.1, -0.05) is 34.1 Å². The van der Waals surface area contributed by atoms with Gasteiger partial charge in [0.05, 0.1) is 11.5 Å². The van der Waals surface area contributed by atoms with E-state index in [1.54, 1.807) is 0 Å². The molecular weight excluding hydrogens is 406 g/mol. The Kier molecular flexibility index (Phi) is 5.31. The zero-order chi connectivity index (χ0) is 19.0. The van der Waals surface area contributed by atoms with Crippen LogP contribution in [0.3, 0.4) is 0 Å². The van der Waals surface area contributed by atoms with E-state index in [2.05, 4.69) is 15.9 Å². The molecule has 1 aromatic rings. The number of ether oxygens (including phenoxy) is 1. The number of ketones is 1. The van der Waals surface area contributed by atoms with Crippen LogP contribution in [-0.2, 0) is 14.3 Å². The van der Waals surface area contributed by atoms with Crippen LogP contribution in [0.4, 0.5) is 0 Å². The third-order valence-electron chi connectivity index (χ3n) is 5.94. The molecule has 1 aromatic carbocycles. The molecule has 4 rings (SSSR count). The van der Waals surface area contributed by atoms with Gasteiger partial charge in [-0.25, -0.2) is 4.79 Å². The highest BCUT2D eigenvalue weighted by atomic mass is 79.9. The molecule has 5 heteroatoms. The lowest BCUT2D eigenvalue weighted by Crippen LogP contribution is -2.39.